The van der Waals surface area contributed by atoms with Crippen molar-refractivity contribution in [2.24, 2.45) is 5.41 Å². The fourth-order valence-electron chi connectivity index (χ4n) is 8.40. The lowest BCUT2D eigenvalue weighted by Gasteiger charge is -2.43. The first-order chi connectivity index (χ1) is 30.1. The Morgan fingerprint density at radius 1 is 1.11 bits per heavy atom. The molecule has 15 nitrogen and oxygen atoms in total. The van der Waals surface area contributed by atoms with Gasteiger partial charge in [-0.2, -0.15) is 0 Å². The Kier molecular flexibility index (Phi) is 12.8. The summed E-state index contributed by atoms with van der Waals surface area (Å²) in [6.45, 7) is 10.7. The number of sulfonamides is 1. The average molecular weight is 902 g/mol. The molecule has 3 aliphatic rings. The van der Waals surface area contributed by atoms with E-state index in [1.807, 2.05) is 22.9 Å². The van der Waals surface area contributed by atoms with Crippen molar-refractivity contribution in [3.63, 3.8) is 0 Å². The fraction of sp³-hybridized carbons (Fsp3) is 0.378. The highest BCUT2D eigenvalue weighted by molar-refractivity contribution is 7.90. The van der Waals surface area contributed by atoms with Gasteiger partial charge in [0.25, 0.3) is 21.6 Å². The molecule has 0 spiro atoms. The van der Waals surface area contributed by atoms with Gasteiger partial charge in [-0.25, -0.2) is 22.5 Å². The molecular formula is C45H49ClFN7O8S. The van der Waals surface area contributed by atoms with Crippen molar-refractivity contribution in [2.45, 2.75) is 57.1 Å². The highest BCUT2D eigenvalue weighted by Gasteiger charge is 2.33. The number of piperazine rings is 1. The summed E-state index contributed by atoms with van der Waals surface area (Å²) in [4.78, 5) is 36.4. The molecule has 3 N–H and O–H groups in total. The lowest BCUT2D eigenvalue weighted by atomic mass is 9.72. The van der Waals surface area contributed by atoms with Crippen LogP contribution in [0.25, 0.3) is 16.6 Å². The van der Waals surface area contributed by atoms with Gasteiger partial charge in [0, 0.05) is 73.2 Å². The third kappa shape index (κ3) is 10.1. The zero-order valence-corrected chi connectivity index (χ0v) is 36.7. The number of carbonyl (C=O) groups is 1. The summed E-state index contributed by atoms with van der Waals surface area (Å²) in [6.07, 6.45) is 5.83. The van der Waals surface area contributed by atoms with E-state index in [2.05, 4.69) is 58.0 Å². The molecule has 63 heavy (non-hydrogen) atoms. The number of anilines is 2. The van der Waals surface area contributed by atoms with E-state index in [0.717, 1.165) is 43.4 Å². The van der Waals surface area contributed by atoms with Crippen LogP contribution in [0.4, 0.5) is 21.5 Å². The number of nitro groups is 1. The Bertz CT molecular complexity index is 2670. The van der Waals surface area contributed by atoms with Gasteiger partial charge >= 0.3 is 0 Å². The standard InChI is InChI=1S/C45H49ClFN7O8S/c1-28-25-53(15-14-52(28)26-31-10-12-45(2,3)22-38(31)29-4-6-32(46)7-5-29)33-8-9-37(41(19-33)62-34-18-30-11-13-48-43(30)50-23-34)44(55)51-63(58,59)36-20-39(47)42(40(21-36)54(56)57)49-24-35-27-60-16-17-61-35/h4-9,11,13,18-21,23,28,35,49H,10,12,14-17,22,24-27H2,1-3H3,(H,48,50)(H,51,55)/t28-,35-/m1/s1. The molecule has 0 saturated carbocycles. The Morgan fingerprint density at radius 2 is 1.92 bits per heavy atom. The molecule has 2 fully saturated rings. The van der Waals surface area contributed by atoms with Gasteiger partial charge in [-0.1, -0.05) is 43.2 Å². The number of allylic oxidation sites excluding steroid dienone is 1. The second-order valence-corrected chi connectivity index (χ2v) is 19.1. The molecule has 332 valence electrons. The molecule has 18 heteroatoms. The number of nitrogens with one attached hydrogen (secondary N) is 3. The first-order valence-electron chi connectivity index (χ1n) is 20.8. The Morgan fingerprint density at radius 3 is 2.67 bits per heavy atom. The number of fused-ring (bicyclic) bond motifs is 1. The van der Waals surface area contributed by atoms with Gasteiger partial charge in [-0.05, 0) is 85.2 Å². The molecule has 0 unspecified atom stereocenters. The number of nitrogens with zero attached hydrogens (tertiary/aromatic N) is 4. The summed E-state index contributed by atoms with van der Waals surface area (Å²) in [7, 11) is -4.85. The van der Waals surface area contributed by atoms with Crippen LogP contribution >= 0.6 is 11.6 Å². The number of aromatic nitrogens is 2. The van der Waals surface area contributed by atoms with Gasteiger partial charge in [0.2, 0.25) is 0 Å². The van der Waals surface area contributed by atoms with Crippen LogP contribution in [-0.4, -0.2) is 98.8 Å². The largest absolute Gasteiger partial charge is 0.455 e. The van der Waals surface area contributed by atoms with Gasteiger partial charge in [-0.15, -0.1) is 0 Å². The Labute approximate surface area is 369 Å². The number of aromatic amines is 1. The average Bonchev–Trinajstić information content (AvgIpc) is 3.73. The number of amides is 1. The third-order valence-corrected chi connectivity index (χ3v) is 13.4. The second-order valence-electron chi connectivity index (χ2n) is 17.0. The number of benzene rings is 3. The van der Waals surface area contributed by atoms with Crippen LogP contribution in [0.15, 0.2) is 89.6 Å². The summed E-state index contributed by atoms with van der Waals surface area (Å²) < 4.78 is 61.9. The minimum absolute atomic E-state index is 0.0244. The maximum atomic E-state index is 15.5. The molecule has 1 aliphatic carbocycles. The molecule has 2 saturated heterocycles. The molecule has 0 bridgehead atoms. The van der Waals surface area contributed by atoms with Gasteiger partial charge in [-0.3, -0.25) is 19.8 Å². The van der Waals surface area contributed by atoms with E-state index < -0.39 is 49.0 Å². The van der Waals surface area contributed by atoms with Crippen molar-refractivity contribution < 1.29 is 36.7 Å². The number of H-pyrrole nitrogens is 1. The van der Waals surface area contributed by atoms with Crippen LogP contribution < -0.4 is 19.7 Å². The van der Waals surface area contributed by atoms with Crippen LogP contribution in [0.2, 0.25) is 5.02 Å². The van der Waals surface area contributed by atoms with Crippen molar-refractivity contribution in [2.75, 3.05) is 62.8 Å². The number of ether oxygens (including phenoxy) is 3. The molecule has 5 aromatic rings. The zero-order valence-electron chi connectivity index (χ0n) is 35.2. The first-order valence-corrected chi connectivity index (χ1v) is 22.7. The van der Waals surface area contributed by atoms with E-state index in [0.29, 0.717) is 54.9 Å². The number of pyridine rings is 1. The topological polar surface area (TPSA) is 181 Å². The minimum atomic E-state index is -4.85. The van der Waals surface area contributed by atoms with Crippen LogP contribution in [-0.2, 0) is 19.5 Å². The number of halogens is 2. The molecular weight excluding hydrogens is 853 g/mol. The quantitative estimate of drug-likeness (QED) is 0.0763. The summed E-state index contributed by atoms with van der Waals surface area (Å²) >= 11 is 6.25. The van der Waals surface area contributed by atoms with Crippen LogP contribution in [0.3, 0.4) is 0 Å². The van der Waals surface area contributed by atoms with Crippen molar-refractivity contribution in [3.05, 3.63) is 117 Å². The van der Waals surface area contributed by atoms with Crippen LogP contribution in [0.1, 0.15) is 56.0 Å². The van der Waals surface area contributed by atoms with E-state index >= 15 is 4.39 Å². The molecule has 1 amide bonds. The van der Waals surface area contributed by atoms with Crippen molar-refractivity contribution in [3.8, 4) is 11.5 Å². The zero-order chi connectivity index (χ0) is 44.5. The summed E-state index contributed by atoms with van der Waals surface area (Å²) in [5, 5.41) is 16.1. The smallest absolute Gasteiger partial charge is 0.296 e. The summed E-state index contributed by atoms with van der Waals surface area (Å²) in [5.74, 6) is -1.96. The molecule has 3 aromatic carbocycles. The molecule has 2 atom stereocenters. The highest BCUT2D eigenvalue weighted by Crippen LogP contribution is 2.44. The van der Waals surface area contributed by atoms with Crippen LogP contribution in [0, 0.1) is 21.3 Å². The van der Waals surface area contributed by atoms with Gasteiger partial charge in [0.1, 0.15) is 22.8 Å². The lowest BCUT2D eigenvalue weighted by Crippen LogP contribution is -2.52. The maximum Gasteiger partial charge on any atom is 0.296 e. The maximum absolute atomic E-state index is 15.5. The minimum Gasteiger partial charge on any atom is -0.455 e. The van der Waals surface area contributed by atoms with E-state index in [1.165, 1.54) is 29.0 Å². The van der Waals surface area contributed by atoms with Gasteiger partial charge in [0.15, 0.2) is 5.82 Å². The first kappa shape index (κ1) is 44.0. The molecule has 2 aromatic heterocycles. The highest BCUT2D eigenvalue weighted by atomic mass is 35.5. The van der Waals surface area contributed by atoms with Crippen LogP contribution in [0.5, 0.6) is 11.5 Å². The molecule has 8 rings (SSSR count). The molecule has 0 radical (unpaired) electrons. The normalized spacial score (nSPS) is 19.5. The van der Waals surface area contributed by atoms with E-state index in [-0.39, 0.29) is 35.9 Å². The van der Waals surface area contributed by atoms with Crippen molar-refractivity contribution >= 4 is 61.2 Å². The van der Waals surface area contributed by atoms with Crippen molar-refractivity contribution in [1.82, 2.24) is 19.6 Å². The predicted molar refractivity (Wildman–Crippen MR) is 239 cm³/mol. The van der Waals surface area contributed by atoms with E-state index in [9.17, 15) is 23.3 Å². The van der Waals surface area contributed by atoms with E-state index in [4.69, 9.17) is 25.8 Å². The monoisotopic (exact) mass is 901 g/mol. The van der Waals surface area contributed by atoms with E-state index in [1.54, 1.807) is 24.4 Å². The third-order valence-electron chi connectivity index (χ3n) is 11.9. The predicted octanol–water partition coefficient (Wildman–Crippen LogP) is 8.18. The number of hydrogen-bond donors (Lipinski definition) is 3. The Hall–Kier alpha value is -5.59. The SMILES string of the molecule is C[C@@H]1CN(c2ccc(C(=O)NS(=O)(=O)c3cc(F)c(NC[C@@H]4COCCO4)c([N+](=O)[O-])c3)c(Oc3cnc4[nH]ccc4c3)c2)CCN1CC1=C(c2ccc(Cl)cc2)CC(C)(C)CC1. The number of hydrogen-bond acceptors (Lipinski definition) is 12. The molecule has 4 heterocycles. The summed E-state index contributed by atoms with van der Waals surface area (Å²) in [5.41, 5.74) is 4.10. The Balaban J connectivity index is 1.03. The number of carbonyl (C=O) groups excluding carboxylic acids is 1. The van der Waals surface area contributed by atoms with Gasteiger partial charge < -0.3 is 29.4 Å². The van der Waals surface area contributed by atoms with Crippen molar-refractivity contribution in [1.29, 1.82) is 0 Å². The lowest BCUT2D eigenvalue weighted by molar-refractivity contribution is -0.384. The number of nitro benzene ring substituents is 1. The second kappa shape index (κ2) is 18.3. The fourth-order valence-corrected chi connectivity index (χ4v) is 9.53. The molecule has 2 aliphatic heterocycles. The summed E-state index contributed by atoms with van der Waals surface area (Å²) in [6, 6.07) is 18.0. The number of rotatable bonds is 13. The van der Waals surface area contributed by atoms with Gasteiger partial charge in [0.05, 0.1) is 47.5 Å².